The van der Waals surface area contributed by atoms with E-state index in [4.69, 9.17) is 35.2 Å². The molecule has 0 aliphatic rings. The number of guanidine groups is 1. The van der Waals surface area contributed by atoms with E-state index >= 15 is 0 Å². The fourth-order valence-corrected chi connectivity index (χ4v) is 3.71. The van der Waals surface area contributed by atoms with Gasteiger partial charge in [0.05, 0.1) is 42.0 Å². The molecule has 0 spiro atoms. The van der Waals surface area contributed by atoms with Gasteiger partial charge in [-0.2, -0.15) is 4.99 Å². The Bertz CT molecular complexity index is 1260. The van der Waals surface area contributed by atoms with Crippen LogP contribution in [0.5, 0.6) is 28.7 Å². The predicted molar refractivity (Wildman–Crippen MR) is 164 cm³/mol. The van der Waals surface area contributed by atoms with Gasteiger partial charge in [-0.05, 0) is 42.8 Å². The van der Waals surface area contributed by atoms with Gasteiger partial charge in [0.25, 0.3) is 5.91 Å². The van der Waals surface area contributed by atoms with Crippen LogP contribution in [0.4, 0.5) is 0 Å². The molecular formula is C31H42N4O7. The van der Waals surface area contributed by atoms with Gasteiger partial charge in [-0.15, -0.1) is 0 Å². The lowest BCUT2D eigenvalue weighted by Crippen LogP contribution is -2.24. The summed E-state index contributed by atoms with van der Waals surface area (Å²) in [6.45, 7) is 0.834. The van der Waals surface area contributed by atoms with Gasteiger partial charge in [0.1, 0.15) is 6.29 Å². The van der Waals surface area contributed by atoms with E-state index in [1.807, 2.05) is 55.6 Å². The number of rotatable bonds is 12. The molecule has 0 heterocycles. The van der Waals surface area contributed by atoms with Crippen molar-refractivity contribution in [1.82, 2.24) is 5.32 Å². The van der Waals surface area contributed by atoms with Crippen molar-refractivity contribution in [3.05, 3.63) is 77.4 Å². The van der Waals surface area contributed by atoms with Gasteiger partial charge in [-0.25, -0.2) is 0 Å². The summed E-state index contributed by atoms with van der Waals surface area (Å²) in [5, 5.41) is 3.08. The monoisotopic (exact) mass is 582 g/mol. The molecule has 11 nitrogen and oxygen atoms in total. The summed E-state index contributed by atoms with van der Waals surface area (Å²) in [6, 6.07) is 19.3. The number of carbonyl (C=O) groups excluding carboxylic acids is 2. The Kier molecular flexibility index (Phi) is 16.9. The van der Waals surface area contributed by atoms with Crippen LogP contribution in [0.2, 0.25) is 0 Å². The third-order valence-electron chi connectivity index (χ3n) is 5.60. The number of nitrogens with zero attached hydrogens (tertiary/aromatic N) is 1. The lowest BCUT2D eigenvalue weighted by Gasteiger charge is -2.14. The smallest absolute Gasteiger partial charge is 0.253 e. The molecule has 5 N–H and O–H groups in total. The van der Waals surface area contributed by atoms with Crippen LogP contribution in [0.25, 0.3) is 0 Å². The quantitative estimate of drug-likeness (QED) is 0.164. The Hall–Kier alpha value is -4.77. The topological polar surface area (TPSA) is 157 Å². The second-order valence-corrected chi connectivity index (χ2v) is 8.51. The summed E-state index contributed by atoms with van der Waals surface area (Å²) < 4.78 is 25.9. The number of amides is 1. The minimum atomic E-state index is -0.467. The van der Waals surface area contributed by atoms with Crippen LogP contribution >= 0.6 is 0 Å². The van der Waals surface area contributed by atoms with Crippen molar-refractivity contribution in [3.63, 3.8) is 0 Å². The molecule has 0 aliphatic heterocycles. The van der Waals surface area contributed by atoms with Gasteiger partial charge in [-0.1, -0.05) is 42.5 Å². The largest absolute Gasteiger partial charge is 0.493 e. The van der Waals surface area contributed by atoms with E-state index in [2.05, 4.69) is 10.3 Å². The molecule has 3 rings (SSSR count). The van der Waals surface area contributed by atoms with E-state index in [1.165, 1.54) is 32.5 Å². The summed E-state index contributed by atoms with van der Waals surface area (Å²) >= 11 is 0. The summed E-state index contributed by atoms with van der Waals surface area (Å²) in [5.41, 5.74) is 13.3. The Balaban J connectivity index is 0.000000333. The van der Waals surface area contributed by atoms with Crippen LogP contribution in [-0.2, 0) is 29.0 Å². The van der Waals surface area contributed by atoms with Gasteiger partial charge in [0.15, 0.2) is 29.0 Å². The zero-order valence-electron chi connectivity index (χ0n) is 25.1. The average Bonchev–Trinajstić information content (AvgIpc) is 3.00. The van der Waals surface area contributed by atoms with Crippen molar-refractivity contribution in [3.8, 4) is 28.7 Å². The fourth-order valence-electron chi connectivity index (χ4n) is 3.71. The molecule has 0 aromatic heterocycles. The number of aldehydes is 1. The van der Waals surface area contributed by atoms with Crippen molar-refractivity contribution in [1.29, 1.82) is 0 Å². The number of aliphatic imine (C=N–C) groups is 1. The van der Waals surface area contributed by atoms with E-state index in [-0.39, 0.29) is 12.4 Å². The maximum atomic E-state index is 11.6. The molecular weight excluding hydrogens is 540 g/mol. The number of methoxy groups -OCH3 is 5. The average molecular weight is 583 g/mol. The molecule has 228 valence electrons. The van der Waals surface area contributed by atoms with Crippen molar-refractivity contribution >= 4 is 18.2 Å². The molecule has 0 unspecified atom stereocenters. The molecule has 0 saturated heterocycles. The first kappa shape index (κ1) is 35.3. The molecule has 0 aliphatic carbocycles. The molecule has 3 aromatic rings. The van der Waals surface area contributed by atoms with Crippen molar-refractivity contribution in [2.75, 3.05) is 42.6 Å². The van der Waals surface area contributed by atoms with E-state index in [0.29, 0.717) is 29.2 Å². The molecule has 0 atom stereocenters. The standard InChI is InChI=1S/C12H17N3O4.C10H15NO2.C9H10O/c1-17-8-5-4-7(6-9(16)15-12(13)14)10(18-2)11(8)19-3;1-11-7-8-4-5-9(12-2)10(6-8)13-3;10-8-4-7-9-5-2-1-3-6-9/h4-5H,6H2,1-3H3,(H4,13,14,15,16);4-6,11H,7H2,1-3H3;1-3,5-6,8H,4,7H2. The molecule has 0 radical (unpaired) electrons. The summed E-state index contributed by atoms with van der Waals surface area (Å²) in [5.74, 6) is 2.14. The van der Waals surface area contributed by atoms with Gasteiger partial charge in [0.2, 0.25) is 5.75 Å². The highest BCUT2D eigenvalue weighted by atomic mass is 16.5. The minimum Gasteiger partial charge on any atom is -0.493 e. The van der Waals surface area contributed by atoms with Crippen molar-refractivity contribution in [2.45, 2.75) is 25.8 Å². The number of carbonyl (C=O) groups is 2. The van der Waals surface area contributed by atoms with Crippen LogP contribution in [0, 0.1) is 0 Å². The number of hydrogen-bond donors (Lipinski definition) is 3. The third kappa shape index (κ3) is 12.2. The van der Waals surface area contributed by atoms with Gasteiger partial charge >= 0.3 is 0 Å². The Morgan fingerprint density at radius 3 is 1.93 bits per heavy atom. The molecule has 0 saturated carbocycles. The second-order valence-electron chi connectivity index (χ2n) is 8.51. The zero-order chi connectivity index (χ0) is 31.3. The molecule has 3 aromatic carbocycles. The van der Waals surface area contributed by atoms with Crippen LogP contribution in [-0.4, -0.2) is 60.7 Å². The number of hydrogen-bond acceptors (Lipinski definition) is 8. The summed E-state index contributed by atoms with van der Waals surface area (Å²) in [4.78, 5) is 25.0. The Labute approximate surface area is 247 Å². The van der Waals surface area contributed by atoms with Gasteiger partial charge in [0, 0.05) is 18.5 Å². The molecule has 1 amide bonds. The lowest BCUT2D eigenvalue weighted by molar-refractivity contribution is -0.117. The molecule has 0 fully saturated rings. The van der Waals surface area contributed by atoms with E-state index in [9.17, 15) is 9.59 Å². The Morgan fingerprint density at radius 1 is 0.786 bits per heavy atom. The van der Waals surface area contributed by atoms with Crippen LogP contribution < -0.4 is 40.5 Å². The number of ether oxygens (including phenoxy) is 5. The fraction of sp³-hybridized carbons (Fsp3) is 0.323. The van der Waals surface area contributed by atoms with Crippen LogP contribution in [0.15, 0.2) is 65.7 Å². The van der Waals surface area contributed by atoms with Crippen LogP contribution in [0.3, 0.4) is 0 Å². The number of nitrogens with one attached hydrogen (secondary N) is 1. The minimum absolute atomic E-state index is 0.00142. The van der Waals surface area contributed by atoms with Gasteiger partial charge in [-0.3, -0.25) is 4.79 Å². The van der Waals surface area contributed by atoms with Crippen molar-refractivity contribution in [2.24, 2.45) is 16.5 Å². The number of benzene rings is 3. The SMILES string of the molecule is CNCc1ccc(OC)c(OC)c1.COc1ccc(CC(=O)N=C(N)N)c(OC)c1OC.O=CCCc1ccccc1. The first-order valence-corrected chi connectivity index (χ1v) is 13.0. The summed E-state index contributed by atoms with van der Waals surface area (Å²) in [6.07, 6.45) is 2.45. The predicted octanol–water partition coefficient (Wildman–Crippen LogP) is 3.30. The first-order valence-electron chi connectivity index (χ1n) is 13.0. The van der Waals surface area contributed by atoms with E-state index in [0.717, 1.165) is 30.8 Å². The first-order chi connectivity index (χ1) is 20.3. The zero-order valence-corrected chi connectivity index (χ0v) is 25.1. The number of aryl methyl sites for hydroxylation is 1. The number of nitrogens with two attached hydrogens (primary N) is 2. The van der Waals surface area contributed by atoms with Gasteiger partial charge < -0.3 is 45.3 Å². The van der Waals surface area contributed by atoms with Crippen LogP contribution in [0.1, 0.15) is 23.1 Å². The second kappa shape index (κ2) is 20.2. The van der Waals surface area contributed by atoms with E-state index in [1.54, 1.807) is 26.4 Å². The van der Waals surface area contributed by atoms with Crippen molar-refractivity contribution < 1.29 is 33.3 Å². The van der Waals surface area contributed by atoms with E-state index < -0.39 is 5.91 Å². The normalized spacial score (nSPS) is 9.57. The highest BCUT2D eigenvalue weighted by Crippen LogP contribution is 2.40. The Morgan fingerprint density at radius 2 is 1.40 bits per heavy atom. The maximum absolute atomic E-state index is 11.6. The molecule has 0 bridgehead atoms. The molecule has 42 heavy (non-hydrogen) atoms. The summed E-state index contributed by atoms with van der Waals surface area (Å²) in [7, 11) is 9.67. The molecule has 11 heteroatoms. The lowest BCUT2D eigenvalue weighted by atomic mass is 10.1. The highest BCUT2D eigenvalue weighted by molar-refractivity contribution is 5.92. The maximum Gasteiger partial charge on any atom is 0.253 e. The highest BCUT2D eigenvalue weighted by Gasteiger charge is 2.17. The third-order valence-corrected chi connectivity index (χ3v) is 5.60.